The number of nitrogens with one attached hydrogen (secondary N) is 1. The summed E-state index contributed by atoms with van der Waals surface area (Å²) in [6.07, 6.45) is 0.698. The van der Waals surface area contributed by atoms with E-state index in [-0.39, 0.29) is 11.4 Å². The van der Waals surface area contributed by atoms with Crippen molar-refractivity contribution in [3.63, 3.8) is 0 Å². The highest BCUT2D eigenvalue weighted by Gasteiger charge is 2.07. The molecule has 0 radical (unpaired) electrons. The van der Waals surface area contributed by atoms with Crippen LogP contribution in [0.1, 0.15) is 12.5 Å². The summed E-state index contributed by atoms with van der Waals surface area (Å²) in [5.74, 6) is -0.0174. The van der Waals surface area contributed by atoms with E-state index in [4.69, 9.17) is 0 Å². The van der Waals surface area contributed by atoms with Crippen LogP contribution in [-0.4, -0.2) is 10.1 Å². The lowest BCUT2D eigenvalue weighted by molar-refractivity contribution is 0.447. The molecule has 0 saturated heterocycles. The van der Waals surface area contributed by atoms with Gasteiger partial charge in [-0.3, -0.25) is 9.78 Å². The van der Waals surface area contributed by atoms with Crippen LogP contribution < -0.4 is 5.56 Å². The molecule has 0 aliphatic rings. The van der Waals surface area contributed by atoms with Crippen LogP contribution >= 0.6 is 0 Å². The lowest BCUT2D eigenvalue weighted by Crippen LogP contribution is -2.07. The van der Waals surface area contributed by atoms with Crippen LogP contribution in [0.4, 0.5) is 0 Å². The Kier molecular flexibility index (Phi) is 2.00. The minimum Gasteiger partial charge on any atom is -0.494 e. The van der Waals surface area contributed by atoms with Gasteiger partial charge in [-0.25, -0.2) is 0 Å². The van der Waals surface area contributed by atoms with Crippen molar-refractivity contribution in [2.75, 3.05) is 0 Å². The lowest BCUT2D eigenvalue weighted by atomic mass is 10.1. The summed E-state index contributed by atoms with van der Waals surface area (Å²) < 4.78 is 0. The molecule has 0 aliphatic heterocycles. The normalized spacial score (nSPS) is 10.6. The van der Waals surface area contributed by atoms with Gasteiger partial charge in [-0.1, -0.05) is 25.1 Å². The number of aryl methyl sites for hydroxylation is 1. The van der Waals surface area contributed by atoms with Crippen LogP contribution in [0.3, 0.4) is 0 Å². The van der Waals surface area contributed by atoms with Crippen molar-refractivity contribution >= 4 is 10.8 Å². The Morgan fingerprint density at radius 1 is 1.29 bits per heavy atom. The maximum absolute atomic E-state index is 11.5. The molecule has 0 aliphatic carbocycles. The third-order valence-corrected chi connectivity index (χ3v) is 2.37. The lowest BCUT2D eigenvalue weighted by Gasteiger charge is -2.05. The molecule has 0 amide bonds. The number of aromatic hydroxyl groups is 1. The molecule has 0 saturated carbocycles. The maximum Gasteiger partial charge on any atom is 0.258 e. The van der Waals surface area contributed by atoms with E-state index < -0.39 is 0 Å². The number of fused-ring (bicyclic) bond motifs is 1. The zero-order chi connectivity index (χ0) is 10.1. The summed E-state index contributed by atoms with van der Waals surface area (Å²) >= 11 is 0. The van der Waals surface area contributed by atoms with Crippen LogP contribution in [0.25, 0.3) is 10.8 Å². The van der Waals surface area contributed by atoms with Gasteiger partial charge >= 0.3 is 0 Å². The first-order valence-corrected chi connectivity index (χ1v) is 4.57. The molecule has 2 N–H and O–H groups in total. The number of hydrogen-bond donors (Lipinski definition) is 2. The van der Waals surface area contributed by atoms with Gasteiger partial charge in [-0.2, -0.15) is 0 Å². The second kappa shape index (κ2) is 3.18. The van der Waals surface area contributed by atoms with E-state index in [0.29, 0.717) is 11.8 Å². The molecule has 0 fully saturated rings. The van der Waals surface area contributed by atoms with Gasteiger partial charge in [0.05, 0.1) is 0 Å². The van der Waals surface area contributed by atoms with Crippen LogP contribution in [0.5, 0.6) is 5.88 Å². The first-order chi connectivity index (χ1) is 6.74. The van der Waals surface area contributed by atoms with Crippen molar-refractivity contribution < 1.29 is 5.11 Å². The number of pyridine rings is 1. The second-order valence-corrected chi connectivity index (χ2v) is 3.18. The Hall–Kier alpha value is -1.77. The summed E-state index contributed by atoms with van der Waals surface area (Å²) in [7, 11) is 0. The fourth-order valence-corrected chi connectivity index (χ4v) is 1.68. The van der Waals surface area contributed by atoms with Crippen molar-refractivity contribution in [1.82, 2.24) is 4.98 Å². The fraction of sp³-hybridized carbons (Fsp3) is 0.182. The van der Waals surface area contributed by atoms with Gasteiger partial charge in [0.25, 0.3) is 5.56 Å². The summed E-state index contributed by atoms with van der Waals surface area (Å²) in [4.78, 5) is 13.9. The highest BCUT2D eigenvalue weighted by molar-refractivity contribution is 5.86. The predicted octanol–water partition coefficient (Wildman–Crippen LogP) is 1.80. The molecular weight excluding hydrogens is 178 g/mol. The zero-order valence-electron chi connectivity index (χ0n) is 7.87. The summed E-state index contributed by atoms with van der Waals surface area (Å²) in [5.41, 5.74) is 0.551. The molecule has 72 valence electrons. The largest absolute Gasteiger partial charge is 0.494 e. The predicted molar refractivity (Wildman–Crippen MR) is 55.6 cm³/mol. The molecule has 1 aromatic carbocycles. The third kappa shape index (κ3) is 1.18. The van der Waals surface area contributed by atoms with Crippen molar-refractivity contribution in [2.24, 2.45) is 0 Å². The van der Waals surface area contributed by atoms with Crippen molar-refractivity contribution in [2.45, 2.75) is 13.3 Å². The molecular formula is C11H11NO2. The van der Waals surface area contributed by atoms with Gasteiger partial charge in [0.15, 0.2) is 5.88 Å². The minimum absolute atomic E-state index is 0.0174. The highest BCUT2D eigenvalue weighted by Crippen LogP contribution is 2.22. The van der Waals surface area contributed by atoms with Crippen molar-refractivity contribution in [3.8, 4) is 5.88 Å². The van der Waals surface area contributed by atoms with Crippen molar-refractivity contribution in [3.05, 3.63) is 40.2 Å². The summed E-state index contributed by atoms with van der Waals surface area (Å²) in [6.45, 7) is 1.94. The van der Waals surface area contributed by atoms with E-state index in [2.05, 4.69) is 4.98 Å². The molecule has 2 rings (SSSR count). The number of benzene rings is 1. The SMILES string of the molecule is CCc1c(O)[nH]c(=O)c2ccccc12. The van der Waals surface area contributed by atoms with Gasteiger partial charge in [-0.15, -0.1) is 0 Å². The molecule has 0 bridgehead atoms. The quantitative estimate of drug-likeness (QED) is 0.718. The first-order valence-electron chi connectivity index (χ1n) is 4.57. The Morgan fingerprint density at radius 2 is 1.93 bits per heavy atom. The fourth-order valence-electron chi connectivity index (χ4n) is 1.68. The minimum atomic E-state index is -0.240. The van der Waals surface area contributed by atoms with E-state index in [0.717, 1.165) is 10.9 Å². The van der Waals surface area contributed by atoms with E-state index in [1.54, 1.807) is 6.07 Å². The van der Waals surface area contributed by atoms with Gasteiger partial charge in [0, 0.05) is 10.9 Å². The van der Waals surface area contributed by atoms with Gasteiger partial charge < -0.3 is 5.11 Å². The van der Waals surface area contributed by atoms with Crippen LogP contribution in [0, 0.1) is 0 Å². The Morgan fingerprint density at radius 3 is 2.57 bits per heavy atom. The van der Waals surface area contributed by atoms with E-state index in [1.807, 2.05) is 25.1 Å². The van der Waals surface area contributed by atoms with E-state index >= 15 is 0 Å². The highest BCUT2D eigenvalue weighted by atomic mass is 16.3. The molecule has 3 nitrogen and oxygen atoms in total. The molecule has 14 heavy (non-hydrogen) atoms. The molecule has 1 aromatic heterocycles. The second-order valence-electron chi connectivity index (χ2n) is 3.18. The zero-order valence-corrected chi connectivity index (χ0v) is 7.87. The average molecular weight is 189 g/mol. The standard InChI is InChI=1S/C11H11NO2/c1-2-7-8-5-3-4-6-9(8)11(14)12-10(7)13/h3-6H,2H2,1H3,(H2,12,13,14). The smallest absolute Gasteiger partial charge is 0.258 e. The van der Waals surface area contributed by atoms with Gasteiger partial charge in [0.2, 0.25) is 0 Å². The first kappa shape index (κ1) is 8.81. The number of aromatic nitrogens is 1. The van der Waals surface area contributed by atoms with E-state index in [9.17, 15) is 9.90 Å². The molecule has 2 aromatic rings. The average Bonchev–Trinajstić information content (AvgIpc) is 2.18. The maximum atomic E-state index is 11.5. The van der Waals surface area contributed by atoms with Crippen LogP contribution in [0.2, 0.25) is 0 Å². The van der Waals surface area contributed by atoms with E-state index in [1.165, 1.54) is 0 Å². The Bertz CT molecular complexity index is 528. The number of hydrogen-bond acceptors (Lipinski definition) is 2. The topological polar surface area (TPSA) is 53.1 Å². The van der Waals surface area contributed by atoms with Crippen molar-refractivity contribution in [1.29, 1.82) is 0 Å². The Labute approximate surface area is 81.0 Å². The van der Waals surface area contributed by atoms with Gasteiger partial charge in [0.1, 0.15) is 0 Å². The van der Waals surface area contributed by atoms with Crippen LogP contribution in [0.15, 0.2) is 29.1 Å². The molecule has 0 spiro atoms. The van der Waals surface area contributed by atoms with Gasteiger partial charge in [-0.05, 0) is 17.9 Å². The molecule has 0 atom stereocenters. The third-order valence-electron chi connectivity index (χ3n) is 2.37. The number of rotatable bonds is 1. The summed E-state index contributed by atoms with van der Waals surface area (Å²) in [6, 6.07) is 7.28. The molecule has 1 heterocycles. The van der Waals surface area contributed by atoms with Crippen LogP contribution in [-0.2, 0) is 6.42 Å². The number of aromatic amines is 1. The Balaban J connectivity index is 2.98. The number of H-pyrrole nitrogens is 1. The summed E-state index contributed by atoms with van der Waals surface area (Å²) in [5, 5.41) is 11.0. The molecule has 3 heteroatoms. The molecule has 0 unspecified atom stereocenters. The monoisotopic (exact) mass is 189 g/mol.